The van der Waals surface area contributed by atoms with Crippen molar-refractivity contribution in [3.05, 3.63) is 18.0 Å². The van der Waals surface area contributed by atoms with Gasteiger partial charge in [0.25, 0.3) is 0 Å². The Morgan fingerprint density at radius 3 is 2.91 bits per heavy atom. The van der Waals surface area contributed by atoms with Crippen LogP contribution in [0.3, 0.4) is 0 Å². The van der Waals surface area contributed by atoms with Crippen LogP contribution in [0.1, 0.15) is 38.4 Å². The van der Waals surface area contributed by atoms with Gasteiger partial charge in [0.05, 0.1) is 23.9 Å². The van der Waals surface area contributed by atoms with E-state index in [1.807, 2.05) is 24.6 Å². The molecule has 124 valence electrons. The molecule has 1 amide bonds. The first-order valence-electron chi connectivity index (χ1n) is 7.60. The minimum atomic E-state index is -3.24. The van der Waals surface area contributed by atoms with Crippen molar-refractivity contribution in [1.29, 1.82) is 0 Å². The zero-order chi connectivity index (χ0) is 16.3. The maximum Gasteiger partial charge on any atom is 0.224 e. The van der Waals surface area contributed by atoms with Gasteiger partial charge < -0.3 is 5.32 Å². The van der Waals surface area contributed by atoms with E-state index in [4.69, 9.17) is 0 Å². The van der Waals surface area contributed by atoms with Gasteiger partial charge in [-0.3, -0.25) is 9.48 Å². The smallest absolute Gasteiger partial charge is 0.224 e. The molecule has 1 saturated heterocycles. The summed E-state index contributed by atoms with van der Waals surface area (Å²) < 4.78 is 26.5. The van der Waals surface area contributed by atoms with Crippen molar-refractivity contribution in [1.82, 2.24) is 19.4 Å². The van der Waals surface area contributed by atoms with Crippen LogP contribution in [0.25, 0.3) is 0 Å². The fraction of sp³-hybridized carbons (Fsp3) is 0.714. The molecule has 1 N–H and O–H groups in total. The number of carbonyl (C=O) groups is 1. The summed E-state index contributed by atoms with van der Waals surface area (Å²) in [6.07, 6.45) is 4.34. The van der Waals surface area contributed by atoms with Crippen molar-refractivity contribution in [3.8, 4) is 0 Å². The molecule has 0 saturated carbocycles. The maximum atomic E-state index is 12.4. The second-order valence-corrected chi connectivity index (χ2v) is 7.74. The lowest BCUT2D eigenvalue weighted by Gasteiger charge is -2.30. The molecule has 2 atom stereocenters. The van der Waals surface area contributed by atoms with Crippen LogP contribution < -0.4 is 5.32 Å². The average Bonchev–Trinajstić information content (AvgIpc) is 2.95. The van der Waals surface area contributed by atoms with Crippen LogP contribution in [0.2, 0.25) is 0 Å². The fourth-order valence-electron chi connectivity index (χ4n) is 2.84. The second kappa shape index (κ2) is 6.78. The Balaban J connectivity index is 2.00. The van der Waals surface area contributed by atoms with E-state index in [1.54, 1.807) is 6.20 Å². The molecule has 8 heteroatoms. The lowest BCUT2D eigenvalue weighted by Crippen LogP contribution is -2.45. The van der Waals surface area contributed by atoms with Gasteiger partial charge in [0.2, 0.25) is 15.9 Å². The molecule has 22 heavy (non-hydrogen) atoms. The maximum absolute atomic E-state index is 12.4. The molecule has 2 heterocycles. The number of sulfonamides is 1. The van der Waals surface area contributed by atoms with E-state index in [9.17, 15) is 13.2 Å². The number of hydrogen-bond donors (Lipinski definition) is 1. The topological polar surface area (TPSA) is 84.3 Å². The SMILES string of the molecule is CCn1nccc1[C@H](C)NC(=O)[C@H]1CCCN(S(C)(=O)=O)C1. The molecule has 0 aliphatic carbocycles. The van der Waals surface area contributed by atoms with Crippen LogP contribution in [0.15, 0.2) is 12.3 Å². The summed E-state index contributed by atoms with van der Waals surface area (Å²) in [6.45, 7) is 5.42. The van der Waals surface area contributed by atoms with E-state index in [0.29, 0.717) is 13.0 Å². The van der Waals surface area contributed by atoms with Crippen molar-refractivity contribution < 1.29 is 13.2 Å². The Hall–Kier alpha value is -1.41. The first kappa shape index (κ1) is 17.0. The second-order valence-electron chi connectivity index (χ2n) is 5.76. The summed E-state index contributed by atoms with van der Waals surface area (Å²) in [7, 11) is -3.24. The third-order valence-electron chi connectivity index (χ3n) is 4.08. The van der Waals surface area contributed by atoms with E-state index >= 15 is 0 Å². The molecule has 1 aliphatic rings. The van der Waals surface area contributed by atoms with Gasteiger partial charge in [0.1, 0.15) is 0 Å². The summed E-state index contributed by atoms with van der Waals surface area (Å²) in [6, 6.07) is 1.74. The van der Waals surface area contributed by atoms with Gasteiger partial charge in [0, 0.05) is 25.8 Å². The van der Waals surface area contributed by atoms with Gasteiger partial charge in [-0.15, -0.1) is 0 Å². The molecular weight excluding hydrogens is 304 g/mol. The third kappa shape index (κ3) is 3.86. The summed E-state index contributed by atoms with van der Waals surface area (Å²) in [4.78, 5) is 12.4. The van der Waals surface area contributed by atoms with Crippen molar-refractivity contribution in [2.75, 3.05) is 19.3 Å². The quantitative estimate of drug-likeness (QED) is 0.864. The van der Waals surface area contributed by atoms with Gasteiger partial charge in [-0.1, -0.05) is 0 Å². The Morgan fingerprint density at radius 2 is 2.27 bits per heavy atom. The highest BCUT2D eigenvalue weighted by molar-refractivity contribution is 7.88. The van der Waals surface area contributed by atoms with Crippen LogP contribution in [0.4, 0.5) is 0 Å². The van der Waals surface area contributed by atoms with Crippen molar-refractivity contribution in [2.24, 2.45) is 5.92 Å². The zero-order valence-corrected chi connectivity index (χ0v) is 14.1. The van der Waals surface area contributed by atoms with Gasteiger partial charge in [0.15, 0.2) is 0 Å². The predicted octanol–water partition coefficient (Wildman–Crippen LogP) is 0.752. The van der Waals surface area contributed by atoms with Crippen LogP contribution in [-0.2, 0) is 21.4 Å². The lowest BCUT2D eigenvalue weighted by molar-refractivity contribution is -0.126. The van der Waals surface area contributed by atoms with Crippen molar-refractivity contribution in [2.45, 2.75) is 39.3 Å². The monoisotopic (exact) mass is 328 g/mol. The number of amides is 1. The average molecular weight is 328 g/mol. The standard InChI is InChI=1S/C14H24N4O3S/c1-4-18-13(7-8-15-18)11(2)16-14(19)12-6-5-9-17(10-12)22(3,20)21/h7-8,11-12H,4-6,9-10H2,1-3H3,(H,16,19)/t11-,12-/m0/s1. The van der Waals surface area contributed by atoms with Crippen LogP contribution in [0.5, 0.6) is 0 Å². The first-order valence-corrected chi connectivity index (χ1v) is 9.45. The summed E-state index contributed by atoms with van der Waals surface area (Å²) in [5.74, 6) is -0.381. The van der Waals surface area contributed by atoms with Gasteiger partial charge in [-0.05, 0) is 32.8 Å². The number of nitrogens with one attached hydrogen (secondary N) is 1. The Labute approximate surface area is 131 Å². The Bertz CT molecular complexity index is 626. The molecule has 1 aromatic heterocycles. The molecule has 0 aromatic carbocycles. The van der Waals surface area contributed by atoms with E-state index in [1.165, 1.54) is 10.6 Å². The number of aromatic nitrogens is 2. The van der Waals surface area contributed by atoms with E-state index in [0.717, 1.165) is 18.7 Å². The number of rotatable bonds is 5. The first-order chi connectivity index (χ1) is 10.3. The molecule has 0 bridgehead atoms. The molecule has 7 nitrogen and oxygen atoms in total. The normalized spacial score (nSPS) is 21.5. The molecule has 1 fully saturated rings. The number of nitrogens with zero attached hydrogens (tertiary/aromatic N) is 3. The molecule has 2 rings (SSSR count). The Kier molecular flexibility index (Phi) is 5.23. The largest absolute Gasteiger partial charge is 0.348 e. The van der Waals surface area contributed by atoms with Crippen LogP contribution >= 0.6 is 0 Å². The highest BCUT2D eigenvalue weighted by Gasteiger charge is 2.30. The molecule has 0 unspecified atom stereocenters. The van der Waals surface area contributed by atoms with Gasteiger partial charge in [-0.2, -0.15) is 5.10 Å². The summed E-state index contributed by atoms with van der Waals surface area (Å²) >= 11 is 0. The molecular formula is C14H24N4O3S. The number of hydrogen-bond acceptors (Lipinski definition) is 4. The van der Waals surface area contributed by atoms with Gasteiger partial charge in [-0.25, -0.2) is 12.7 Å². The Morgan fingerprint density at radius 1 is 1.55 bits per heavy atom. The lowest BCUT2D eigenvalue weighted by atomic mass is 9.98. The summed E-state index contributed by atoms with van der Waals surface area (Å²) in [5.41, 5.74) is 0.951. The minimum absolute atomic E-state index is 0.0929. The predicted molar refractivity (Wildman–Crippen MR) is 83.6 cm³/mol. The van der Waals surface area contributed by atoms with E-state index < -0.39 is 10.0 Å². The molecule has 0 spiro atoms. The zero-order valence-electron chi connectivity index (χ0n) is 13.3. The van der Waals surface area contributed by atoms with E-state index in [-0.39, 0.29) is 24.4 Å². The van der Waals surface area contributed by atoms with Crippen molar-refractivity contribution >= 4 is 15.9 Å². The minimum Gasteiger partial charge on any atom is -0.348 e. The van der Waals surface area contributed by atoms with Crippen LogP contribution in [-0.4, -0.2) is 47.8 Å². The summed E-state index contributed by atoms with van der Waals surface area (Å²) in [5, 5.41) is 7.18. The fourth-order valence-corrected chi connectivity index (χ4v) is 3.75. The third-order valence-corrected chi connectivity index (χ3v) is 5.34. The number of carbonyl (C=O) groups excluding carboxylic acids is 1. The number of piperidine rings is 1. The molecule has 0 radical (unpaired) electrons. The van der Waals surface area contributed by atoms with E-state index in [2.05, 4.69) is 10.4 Å². The molecule has 1 aliphatic heterocycles. The van der Waals surface area contributed by atoms with Crippen molar-refractivity contribution in [3.63, 3.8) is 0 Å². The highest BCUT2D eigenvalue weighted by Crippen LogP contribution is 2.20. The highest BCUT2D eigenvalue weighted by atomic mass is 32.2. The van der Waals surface area contributed by atoms with Gasteiger partial charge >= 0.3 is 0 Å². The van der Waals surface area contributed by atoms with Crippen LogP contribution in [0, 0.1) is 5.92 Å². The molecule has 1 aromatic rings. The number of aryl methyl sites for hydroxylation is 1.